The summed E-state index contributed by atoms with van der Waals surface area (Å²) < 4.78 is 10.9. The second-order valence-corrected chi connectivity index (χ2v) is 6.24. The van der Waals surface area contributed by atoms with E-state index in [1.165, 1.54) is 0 Å². The highest BCUT2D eigenvalue weighted by Crippen LogP contribution is 2.10. The van der Waals surface area contributed by atoms with Gasteiger partial charge in [-0.1, -0.05) is 0 Å². The molecule has 1 aliphatic rings. The SMILES string of the molecule is CCNC(=NCCCOCc1ccco1)N1CCN(c2ncccn2)CC1. The topological polar surface area (TPSA) is 79.0 Å². The number of hydrogen-bond acceptors (Lipinski definition) is 6. The van der Waals surface area contributed by atoms with Crippen molar-refractivity contribution in [2.24, 2.45) is 4.99 Å². The average molecular weight is 372 g/mol. The zero-order valence-corrected chi connectivity index (χ0v) is 15.9. The third-order valence-corrected chi connectivity index (χ3v) is 4.28. The van der Waals surface area contributed by atoms with E-state index in [4.69, 9.17) is 14.1 Å². The monoisotopic (exact) mass is 372 g/mol. The van der Waals surface area contributed by atoms with E-state index in [2.05, 4.69) is 32.0 Å². The van der Waals surface area contributed by atoms with E-state index in [1.54, 1.807) is 18.7 Å². The summed E-state index contributed by atoms with van der Waals surface area (Å²) in [7, 11) is 0. The van der Waals surface area contributed by atoms with E-state index in [-0.39, 0.29) is 0 Å². The first-order chi connectivity index (χ1) is 13.4. The van der Waals surface area contributed by atoms with Crippen LogP contribution in [-0.2, 0) is 11.3 Å². The fourth-order valence-corrected chi connectivity index (χ4v) is 2.92. The number of hydrogen-bond donors (Lipinski definition) is 1. The summed E-state index contributed by atoms with van der Waals surface area (Å²) in [5.41, 5.74) is 0. The molecule has 0 spiro atoms. The van der Waals surface area contributed by atoms with Crippen molar-refractivity contribution in [2.45, 2.75) is 20.0 Å². The number of nitrogens with zero attached hydrogens (tertiary/aromatic N) is 5. The van der Waals surface area contributed by atoms with Crippen molar-refractivity contribution in [1.29, 1.82) is 0 Å². The maximum atomic E-state index is 5.61. The minimum atomic E-state index is 0.514. The standard InChI is InChI=1S/C19H28N6O2/c1-2-20-18(23-9-5-14-26-16-17-6-3-15-27-17)24-10-12-25(13-11-24)19-21-7-4-8-22-19/h3-4,6-8,15H,2,5,9-14,16H2,1H3,(H,20,23). The molecule has 1 N–H and O–H groups in total. The zero-order chi connectivity index (χ0) is 18.7. The van der Waals surface area contributed by atoms with Gasteiger partial charge < -0.3 is 24.3 Å². The van der Waals surface area contributed by atoms with Crippen molar-refractivity contribution >= 4 is 11.9 Å². The Labute approximate surface area is 160 Å². The molecule has 0 atom stereocenters. The van der Waals surface area contributed by atoms with Crippen LogP contribution in [0.4, 0.5) is 5.95 Å². The van der Waals surface area contributed by atoms with E-state index in [0.717, 1.165) is 63.4 Å². The highest BCUT2D eigenvalue weighted by atomic mass is 16.5. The first-order valence-corrected chi connectivity index (χ1v) is 9.52. The fourth-order valence-electron chi connectivity index (χ4n) is 2.92. The highest BCUT2D eigenvalue weighted by molar-refractivity contribution is 5.80. The summed E-state index contributed by atoms with van der Waals surface area (Å²) >= 11 is 0. The van der Waals surface area contributed by atoms with Gasteiger partial charge >= 0.3 is 0 Å². The number of aromatic nitrogens is 2. The molecule has 0 aliphatic carbocycles. The summed E-state index contributed by atoms with van der Waals surface area (Å²) in [6.07, 6.45) is 6.12. The van der Waals surface area contributed by atoms with Crippen LogP contribution in [-0.4, -0.2) is 66.7 Å². The highest BCUT2D eigenvalue weighted by Gasteiger charge is 2.20. The van der Waals surface area contributed by atoms with Gasteiger partial charge in [0.05, 0.1) is 6.26 Å². The predicted molar refractivity (Wildman–Crippen MR) is 105 cm³/mol. The van der Waals surface area contributed by atoms with Gasteiger partial charge in [0.2, 0.25) is 5.95 Å². The van der Waals surface area contributed by atoms with Gasteiger partial charge in [-0.15, -0.1) is 0 Å². The van der Waals surface area contributed by atoms with Crippen molar-refractivity contribution in [3.63, 3.8) is 0 Å². The summed E-state index contributed by atoms with van der Waals surface area (Å²) in [5.74, 6) is 2.62. The Hall–Kier alpha value is -2.61. The lowest BCUT2D eigenvalue weighted by molar-refractivity contribution is 0.105. The van der Waals surface area contributed by atoms with Crippen LogP contribution < -0.4 is 10.2 Å². The molecule has 0 saturated carbocycles. The first-order valence-electron chi connectivity index (χ1n) is 9.52. The van der Waals surface area contributed by atoms with Gasteiger partial charge in [-0.05, 0) is 31.5 Å². The van der Waals surface area contributed by atoms with Crippen LogP contribution >= 0.6 is 0 Å². The Bertz CT molecular complexity index is 669. The number of rotatable bonds is 8. The van der Waals surface area contributed by atoms with E-state index in [1.807, 2.05) is 18.2 Å². The van der Waals surface area contributed by atoms with Crippen LogP contribution in [0.25, 0.3) is 0 Å². The molecule has 2 aromatic rings. The van der Waals surface area contributed by atoms with E-state index >= 15 is 0 Å². The summed E-state index contributed by atoms with van der Waals surface area (Å²) in [6, 6.07) is 5.63. The number of aliphatic imine (C=N–C) groups is 1. The number of anilines is 1. The molecule has 8 heteroatoms. The lowest BCUT2D eigenvalue weighted by Gasteiger charge is -2.36. The molecule has 8 nitrogen and oxygen atoms in total. The molecule has 1 aliphatic heterocycles. The van der Waals surface area contributed by atoms with Crippen LogP contribution in [0.2, 0.25) is 0 Å². The molecule has 2 aromatic heterocycles. The average Bonchev–Trinajstić information content (AvgIpc) is 3.24. The molecule has 0 bridgehead atoms. The van der Waals surface area contributed by atoms with E-state index in [9.17, 15) is 0 Å². The Morgan fingerprint density at radius 2 is 2.04 bits per heavy atom. The van der Waals surface area contributed by atoms with Gasteiger partial charge in [-0.2, -0.15) is 0 Å². The van der Waals surface area contributed by atoms with Gasteiger partial charge in [-0.25, -0.2) is 9.97 Å². The van der Waals surface area contributed by atoms with Gasteiger partial charge in [0.1, 0.15) is 12.4 Å². The molecule has 3 rings (SSSR count). The second-order valence-electron chi connectivity index (χ2n) is 6.24. The molecule has 146 valence electrons. The van der Waals surface area contributed by atoms with Gasteiger partial charge in [-0.3, -0.25) is 4.99 Å². The molecule has 3 heterocycles. The normalized spacial score (nSPS) is 15.2. The Morgan fingerprint density at radius 1 is 1.22 bits per heavy atom. The first kappa shape index (κ1) is 19.2. The number of furan rings is 1. The molecule has 0 radical (unpaired) electrons. The number of guanidine groups is 1. The minimum absolute atomic E-state index is 0.514. The van der Waals surface area contributed by atoms with Gasteiger partial charge in [0.25, 0.3) is 0 Å². The fraction of sp³-hybridized carbons (Fsp3) is 0.526. The molecule has 1 saturated heterocycles. The lowest BCUT2D eigenvalue weighted by atomic mass is 10.3. The lowest BCUT2D eigenvalue weighted by Crippen LogP contribution is -2.53. The molecule has 0 amide bonds. The molecule has 1 fully saturated rings. The number of nitrogens with one attached hydrogen (secondary N) is 1. The third kappa shape index (κ3) is 5.96. The zero-order valence-electron chi connectivity index (χ0n) is 15.9. The van der Waals surface area contributed by atoms with Crippen molar-refractivity contribution < 1.29 is 9.15 Å². The minimum Gasteiger partial charge on any atom is -0.467 e. The summed E-state index contributed by atoms with van der Waals surface area (Å²) in [5, 5.41) is 3.39. The Balaban J connectivity index is 1.40. The number of ether oxygens (including phenoxy) is 1. The van der Waals surface area contributed by atoms with Crippen LogP contribution in [0.3, 0.4) is 0 Å². The molecular weight excluding hydrogens is 344 g/mol. The van der Waals surface area contributed by atoms with Crippen LogP contribution in [0.1, 0.15) is 19.1 Å². The van der Waals surface area contributed by atoms with Gasteiger partial charge in [0.15, 0.2) is 5.96 Å². The van der Waals surface area contributed by atoms with Crippen LogP contribution in [0, 0.1) is 0 Å². The van der Waals surface area contributed by atoms with Crippen molar-refractivity contribution in [2.75, 3.05) is 50.8 Å². The van der Waals surface area contributed by atoms with E-state index < -0.39 is 0 Å². The van der Waals surface area contributed by atoms with Crippen molar-refractivity contribution in [3.8, 4) is 0 Å². The summed E-state index contributed by atoms with van der Waals surface area (Å²) in [6.45, 7) is 8.46. The molecule has 0 aromatic carbocycles. The largest absolute Gasteiger partial charge is 0.467 e. The smallest absolute Gasteiger partial charge is 0.225 e. The maximum absolute atomic E-state index is 5.61. The molecular formula is C19H28N6O2. The quantitative estimate of drug-likeness (QED) is 0.430. The van der Waals surface area contributed by atoms with Crippen molar-refractivity contribution in [1.82, 2.24) is 20.2 Å². The Kier molecular flexibility index (Phi) is 7.46. The third-order valence-electron chi connectivity index (χ3n) is 4.28. The van der Waals surface area contributed by atoms with Gasteiger partial charge in [0, 0.05) is 58.3 Å². The number of piperazine rings is 1. The molecule has 27 heavy (non-hydrogen) atoms. The second kappa shape index (κ2) is 10.5. The van der Waals surface area contributed by atoms with Crippen molar-refractivity contribution in [3.05, 3.63) is 42.6 Å². The van der Waals surface area contributed by atoms with Crippen LogP contribution in [0.15, 0.2) is 46.3 Å². The van der Waals surface area contributed by atoms with Crippen LogP contribution in [0.5, 0.6) is 0 Å². The summed E-state index contributed by atoms with van der Waals surface area (Å²) in [4.78, 5) is 17.9. The maximum Gasteiger partial charge on any atom is 0.225 e. The predicted octanol–water partition coefficient (Wildman–Crippen LogP) is 1.76. The Morgan fingerprint density at radius 3 is 2.74 bits per heavy atom. The molecule has 0 unspecified atom stereocenters. The van der Waals surface area contributed by atoms with E-state index in [0.29, 0.717) is 13.2 Å².